The second kappa shape index (κ2) is 3.54. The Bertz CT molecular complexity index is 535. The molecule has 0 saturated carbocycles. The minimum absolute atomic E-state index is 0.0978. The van der Waals surface area contributed by atoms with E-state index in [2.05, 4.69) is 5.10 Å². The lowest BCUT2D eigenvalue weighted by atomic mass is 10.2. The molecule has 78 valence electrons. The fourth-order valence-corrected chi connectivity index (χ4v) is 2.06. The summed E-state index contributed by atoms with van der Waals surface area (Å²) in [6, 6.07) is 3.66. The summed E-state index contributed by atoms with van der Waals surface area (Å²) in [5.41, 5.74) is 1.53. The van der Waals surface area contributed by atoms with Crippen LogP contribution in [0.4, 0.5) is 5.69 Å². The third-order valence-corrected chi connectivity index (χ3v) is 2.84. The van der Waals surface area contributed by atoms with Crippen LogP contribution >= 0.6 is 11.8 Å². The van der Waals surface area contributed by atoms with Gasteiger partial charge in [-0.25, -0.2) is 4.52 Å². The Morgan fingerprint density at radius 2 is 2.33 bits per heavy atom. The molecule has 0 radical (unpaired) electrons. The molecule has 0 aliphatic rings. The predicted molar refractivity (Wildman–Crippen MR) is 58.4 cm³/mol. The SMILES string of the molecule is CSc1nn2cccc(C)c2c1[N+](=O)[O-]. The van der Waals surface area contributed by atoms with E-state index in [1.807, 2.05) is 19.1 Å². The Hall–Kier alpha value is -1.56. The van der Waals surface area contributed by atoms with Crippen molar-refractivity contribution in [3.8, 4) is 0 Å². The van der Waals surface area contributed by atoms with Crippen molar-refractivity contribution < 1.29 is 4.92 Å². The number of aryl methyl sites for hydroxylation is 1. The van der Waals surface area contributed by atoms with Gasteiger partial charge in [-0.3, -0.25) is 10.1 Å². The Labute approximate surface area is 90.2 Å². The number of thioether (sulfide) groups is 1. The highest BCUT2D eigenvalue weighted by molar-refractivity contribution is 7.98. The zero-order valence-electron chi connectivity index (χ0n) is 8.30. The molecule has 0 amide bonds. The lowest BCUT2D eigenvalue weighted by Gasteiger charge is -1.95. The first-order valence-corrected chi connectivity index (χ1v) is 5.54. The van der Waals surface area contributed by atoms with E-state index >= 15 is 0 Å². The van der Waals surface area contributed by atoms with Crippen LogP contribution < -0.4 is 0 Å². The molecule has 0 atom stereocenters. The van der Waals surface area contributed by atoms with Gasteiger partial charge in [0.1, 0.15) is 5.52 Å². The van der Waals surface area contributed by atoms with Crippen LogP contribution in [0.15, 0.2) is 23.4 Å². The second-order valence-corrected chi connectivity index (χ2v) is 3.89. The number of fused-ring (bicyclic) bond motifs is 1. The summed E-state index contributed by atoms with van der Waals surface area (Å²) >= 11 is 1.28. The van der Waals surface area contributed by atoms with Crippen molar-refractivity contribution in [1.29, 1.82) is 0 Å². The average molecular weight is 223 g/mol. The second-order valence-electron chi connectivity index (χ2n) is 3.10. The number of rotatable bonds is 2. The van der Waals surface area contributed by atoms with Gasteiger partial charge in [-0.2, -0.15) is 5.10 Å². The van der Waals surface area contributed by atoms with Gasteiger partial charge >= 0.3 is 5.69 Å². The summed E-state index contributed by atoms with van der Waals surface area (Å²) in [5, 5.41) is 15.6. The Kier molecular flexibility index (Phi) is 2.36. The summed E-state index contributed by atoms with van der Waals surface area (Å²) < 4.78 is 1.55. The van der Waals surface area contributed by atoms with Crippen molar-refractivity contribution in [1.82, 2.24) is 9.61 Å². The lowest BCUT2D eigenvalue weighted by Crippen LogP contribution is -1.91. The molecule has 2 rings (SSSR count). The van der Waals surface area contributed by atoms with E-state index in [-0.39, 0.29) is 10.6 Å². The fraction of sp³-hybridized carbons (Fsp3) is 0.222. The van der Waals surface area contributed by atoms with Crippen LogP contribution in [0.2, 0.25) is 0 Å². The fourth-order valence-electron chi connectivity index (χ4n) is 1.53. The molecule has 0 aromatic carbocycles. The van der Waals surface area contributed by atoms with Crippen LogP contribution in [0.3, 0.4) is 0 Å². The zero-order chi connectivity index (χ0) is 11.0. The third-order valence-electron chi connectivity index (χ3n) is 2.18. The zero-order valence-corrected chi connectivity index (χ0v) is 9.11. The van der Waals surface area contributed by atoms with Crippen molar-refractivity contribution in [2.24, 2.45) is 0 Å². The van der Waals surface area contributed by atoms with Crippen LogP contribution in [-0.4, -0.2) is 20.8 Å². The highest BCUT2D eigenvalue weighted by atomic mass is 32.2. The summed E-state index contributed by atoms with van der Waals surface area (Å²) in [6.07, 6.45) is 3.50. The number of nitro groups is 1. The van der Waals surface area contributed by atoms with Gasteiger partial charge in [0.15, 0.2) is 5.03 Å². The molecule has 5 nitrogen and oxygen atoms in total. The summed E-state index contributed by atoms with van der Waals surface area (Å²) in [6.45, 7) is 1.84. The number of hydrogen-bond donors (Lipinski definition) is 0. The number of aromatic nitrogens is 2. The van der Waals surface area contributed by atoms with Crippen LogP contribution in [0, 0.1) is 17.0 Å². The number of hydrogen-bond acceptors (Lipinski definition) is 4. The van der Waals surface area contributed by atoms with Crippen LogP contribution in [0.25, 0.3) is 5.52 Å². The molecule has 0 bridgehead atoms. The van der Waals surface area contributed by atoms with Crippen LogP contribution in [0.5, 0.6) is 0 Å². The topological polar surface area (TPSA) is 60.4 Å². The van der Waals surface area contributed by atoms with E-state index < -0.39 is 0 Å². The Balaban J connectivity index is 2.88. The monoisotopic (exact) mass is 223 g/mol. The molecule has 0 fully saturated rings. The minimum Gasteiger partial charge on any atom is -0.258 e. The van der Waals surface area contributed by atoms with E-state index in [1.54, 1.807) is 17.0 Å². The lowest BCUT2D eigenvalue weighted by molar-refractivity contribution is -0.386. The van der Waals surface area contributed by atoms with Gasteiger partial charge in [-0.05, 0) is 24.8 Å². The first kappa shape index (κ1) is 9.97. The van der Waals surface area contributed by atoms with E-state index in [0.29, 0.717) is 10.5 Å². The summed E-state index contributed by atoms with van der Waals surface area (Å²) in [7, 11) is 0. The largest absolute Gasteiger partial charge is 0.328 e. The van der Waals surface area contributed by atoms with E-state index in [0.717, 1.165) is 5.56 Å². The van der Waals surface area contributed by atoms with Gasteiger partial charge < -0.3 is 0 Å². The van der Waals surface area contributed by atoms with Gasteiger partial charge in [0.2, 0.25) is 0 Å². The molecule has 0 saturated heterocycles. The van der Waals surface area contributed by atoms with Crippen molar-refractivity contribution in [2.45, 2.75) is 11.9 Å². The molecule has 0 N–H and O–H groups in total. The minimum atomic E-state index is -0.374. The molecule has 2 heterocycles. The molecular weight excluding hydrogens is 214 g/mol. The Morgan fingerprint density at radius 3 is 2.93 bits per heavy atom. The quantitative estimate of drug-likeness (QED) is 0.445. The van der Waals surface area contributed by atoms with E-state index in [9.17, 15) is 10.1 Å². The predicted octanol–water partition coefficient (Wildman–Crippen LogP) is 2.27. The maximum Gasteiger partial charge on any atom is 0.328 e. The smallest absolute Gasteiger partial charge is 0.258 e. The highest BCUT2D eigenvalue weighted by Crippen LogP contribution is 2.32. The van der Waals surface area contributed by atoms with Crippen molar-refractivity contribution in [2.75, 3.05) is 6.26 Å². The van der Waals surface area contributed by atoms with Crippen molar-refractivity contribution in [3.63, 3.8) is 0 Å². The maximum atomic E-state index is 10.9. The summed E-state index contributed by atoms with van der Waals surface area (Å²) in [5.74, 6) is 0. The Morgan fingerprint density at radius 1 is 1.60 bits per heavy atom. The van der Waals surface area contributed by atoms with Gasteiger partial charge in [0, 0.05) is 6.20 Å². The molecule has 6 heteroatoms. The van der Waals surface area contributed by atoms with E-state index in [4.69, 9.17) is 0 Å². The highest BCUT2D eigenvalue weighted by Gasteiger charge is 2.23. The molecular formula is C9H9N3O2S. The van der Waals surface area contributed by atoms with Gasteiger partial charge in [0.25, 0.3) is 0 Å². The van der Waals surface area contributed by atoms with Crippen LogP contribution in [-0.2, 0) is 0 Å². The first-order chi connectivity index (χ1) is 7.15. The molecule has 2 aromatic rings. The van der Waals surface area contributed by atoms with Crippen LogP contribution in [0.1, 0.15) is 5.56 Å². The van der Waals surface area contributed by atoms with E-state index in [1.165, 1.54) is 11.8 Å². The normalized spacial score (nSPS) is 10.8. The molecule has 0 aliphatic heterocycles. The molecule has 0 spiro atoms. The van der Waals surface area contributed by atoms with Gasteiger partial charge in [0.05, 0.1) is 4.92 Å². The molecule has 0 aliphatic carbocycles. The number of nitrogens with zero attached hydrogens (tertiary/aromatic N) is 3. The van der Waals surface area contributed by atoms with Crippen molar-refractivity contribution in [3.05, 3.63) is 34.0 Å². The molecule has 2 aromatic heterocycles. The number of pyridine rings is 1. The van der Waals surface area contributed by atoms with Gasteiger partial charge in [-0.15, -0.1) is 11.8 Å². The van der Waals surface area contributed by atoms with Gasteiger partial charge in [-0.1, -0.05) is 6.07 Å². The van der Waals surface area contributed by atoms with Crippen molar-refractivity contribution >= 4 is 23.0 Å². The first-order valence-electron chi connectivity index (χ1n) is 4.31. The summed E-state index contributed by atoms with van der Waals surface area (Å²) in [4.78, 5) is 10.6. The maximum absolute atomic E-state index is 10.9. The third kappa shape index (κ3) is 1.46. The average Bonchev–Trinajstić information content (AvgIpc) is 2.57. The molecule has 15 heavy (non-hydrogen) atoms. The standard InChI is InChI=1S/C9H9N3O2S/c1-6-4-3-5-11-7(6)8(12(13)14)9(10-11)15-2/h3-5H,1-2H3. The molecule has 0 unspecified atom stereocenters.